The summed E-state index contributed by atoms with van der Waals surface area (Å²) in [6.07, 6.45) is 0. The van der Waals surface area contributed by atoms with Gasteiger partial charge in [0, 0.05) is 5.56 Å². The molecule has 1 heterocycles. The summed E-state index contributed by atoms with van der Waals surface area (Å²) in [4.78, 5) is 17.8. The van der Waals surface area contributed by atoms with Crippen molar-refractivity contribution in [3.63, 3.8) is 0 Å². The molecule has 0 aliphatic heterocycles. The van der Waals surface area contributed by atoms with E-state index in [1.807, 2.05) is 6.07 Å². The largest absolute Gasteiger partial charge is 0.524 e. The first kappa shape index (κ1) is 13.8. The van der Waals surface area contributed by atoms with E-state index in [0.717, 1.165) is 11.1 Å². The third kappa shape index (κ3) is 3.04. The molecule has 7 heteroatoms. The van der Waals surface area contributed by atoms with Gasteiger partial charge in [-0.2, -0.15) is 0 Å². The van der Waals surface area contributed by atoms with Gasteiger partial charge in [-0.05, 0) is 38.0 Å². The average Bonchev–Trinajstić information content (AvgIpc) is 2.60. The predicted octanol–water partition coefficient (Wildman–Crippen LogP) is 2.74. The second kappa shape index (κ2) is 4.81. The van der Waals surface area contributed by atoms with Crippen molar-refractivity contribution in [3.05, 3.63) is 35.2 Å². The van der Waals surface area contributed by atoms with Crippen molar-refractivity contribution in [3.8, 4) is 16.9 Å². The Morgan fingerprint density at radius 3 is 2.47 bits per heavy atom. The van der Waals surface area contributed by atoms with Crippen LogP contribution in [0, 0.1) is 20.8 Å². The van der Waals surface area contributed by atoms with E-state index < -0.39 is 7.82 Å². The molecule has 0 aliphatic carbocycles. The third-order valence-electron chi connectivity index (χ3n) is 2.73. The van der Waals surface area contributed by atoms with Crippen molar-refractivity contribution < 1.29 is 23.4 Å². The van der Waals surface area contributed by atoms with E-state index in [0.29, 0.717) is 17.0 Å². The van der Waals surface area contributed by atoms with Crippen molar-refractivity contribution in [2.75, 3.05) is 0 Å². The highest BCUT2D eigenvalue weighted by Crippen LogP contribution is 2.41. The summed E-state index contributed by atoms with van der Waals surface area (Å²) >= 11 is 0. The maximum Gasteiger partial charge on any atom is 0.524 e. The number of rotatable bonds is 3. The fourth-order valence-corrected chi connectivity index (χ4v) is 2.33. The van der Waals surface area contributed by atoms with Gasteiger partial charge in [0.2, 0.25) is 0 Å². The fourth-order valence-electron chi connectivity index (χ4n) is 1.88. The number of aryl methyl sites for hydroxylation is 3. The number of hydrogen-bond acceptors (Lipinski definition) is 4. The third-order valence-corrected chi connectivity index (χ3v) is 3.16. The molecule has 0 unspecified atom stereocenters. The number of benzene rings is 1. The number of phosphoric acid groups is 1. The Bertz CT molecular complexity index is 639. The normalized spacial score (nSPS) is 11.6. The Labute approximate surface area is 110 Å². The van der Waals surface area contributed by atoms with E-state index in [9.17, 15) is 4.57 Å². The van der Waals surface area contributed by atoms with Crippen LogP contribution in [0.3, 0.4) is 0 Å². The summed E-state index contributed by atoms with van der Waals surface area (Å²) in [7, 11) is -4.57. The van der Waals surface area contributed by atoms with Crippen LogP contribution in [-0.2, 0) is 4.57 Å². The summed E-state index contributed by atoms with van der Waals surface area (Å²) in [5.74, 6) is 0.786. The van der Waals surface area contributed by atoms with Crippen molar-refractivity contribution in [1.29, 1.82) is 0 Å². The number of nitrogens with zero attached hydrogens (tertiary/aromatic N) is 1. The van der Waals surface area contributed by atoms with Crippen LogP contribution >= 0.6 is 7.82 Å². The molecule has 0 saturated carbocycles. The molecule has 0 fully saturated rings. The molecule has 0 aliphatic rings. The van der Waals surface area contributed by atoms with Crippen LogP contribution in [0.2, 0.25) is 0 Å². The molecule has 0 amide bonds. The monoisotopic (exact) mass is 283 g/mol. The molecule has 2 aromatic rings. The fraction of sp³-hybridized carbons (Fsp3) is 0.250. The zero-order valence-corrected chi connectivity index (χ0v) is 11.6. The van der Waals surface area contributed by atoms with Gasteiger partial charge in [0.15, 0.2) is 0 Å². The summed E-state index contributed by atoms with van der Waals surface area (Å²) < 4.78 is 20.7. The molecule has 1 aromatic heterocycles. The van der Waals surface area contributed by atoms with Crippen LogP contribution in [0.25, 0.3) is 11.1 Å². The quantitative estimate of drug-likeness (QED) is 0.841. The van der Waals surface area contributed by atoms with Gasteiger partial charge >= 0.3 is 7.82 Å². The molecular weight excluding hydrogens is 269 g/mol. The lowest BCUT2D eigenvalue weighted by Gasteiger charge is -2.11. The van der Waals surface area contributed by atoms with E-state index in [1.54, 1.807) is 32.9 Å². The summed E-state index contributed by atoms with van der Waals surface area (Å²) in [6.45, 7) is 5.29. The number of phosphoric ester groups is 1. The van der Waals surface area contributed by atoms with Crippen molar-refractivity contribution in [2.45, 2.75) is 20.8 Å². The van der Waals surface area contributed by atoms with Crippen LogP contribution in [0.15, 0.2) is 22.7 Å². The molecule has 0 atom stereocenters. The average molecular weight is 283 g/mol. The van der Waals surface area contributed by atoms with E-state index >= 15 is 0 Å². The highest BCUT2D eigenvalue weighted by molar-refractivity contribution is 7.46. The van der Waals surface area contributed by atoms with Crippen molar-refractivity contribution in [1.82, 2.24) is 5.16 Å². The van der Waals surface area contributed by atoms with E-state index in [2.05, 4.69) is 9.68 Å². The lowest BCUT2D eigenvalue weighted by molar-refractivity contribution is 0.282. The second-order valence-corrected chi connectivity index (χ2v) is 5.43. The standard InChI is InChI=1S/C12H14NO5P/c1-7-4-5-10(6-11(7)18-19(14,15)16)12-8(2)13-17-9(12)3/h4-6H,1-3H3,(H2,14,15,16). The molecule has 0 saturated heterocycles. The first-order valence-corrected chi connectivity index (χ1v) is 7.10. The minimum absolute atomic E-state index is 0.144. The maximum absolute atomic E-state index is 10.9. The Morgan fingerprint density at radius 2 is 1.95 bits per heavy atom. The Hall–Kier alpha value is -1.62. The molecule has 19 heavy (non-hydrogen) atoms. The minimum Gasteiger partial charge on any atom is -0.404 e. The van der Waals surface area contributed by atoms with Crippen LogP contribution < -0.4 is 4.52 Å². The van der Waals surface area contributed by atoms with E-state index in [4.69, 9.17) is 14.3 Å². The second-order valence-electron chi connectivity index (χ2n) is 4.26. The summed E-state index contributed by atoms with van der Waals surface area (Å²) in [6, 6.07) is 5.13. The molecule has 2 rings (SSSR count). The van der Waals surface area contributed by atoms with Crippen LogP contribution in [0.1, 0.15) is 17.0 Å². The van der Waals surface area contributed by atoms with Gasteiger partial charge in [-0.15, -0.1) is 0 Å². The Kier molecular flexibility index (Phi) is 3.49. The Morgan fingerprint density at radius 1 is 1.26 bits per heavy atom. The molecule has 0 radical (unpaired) electrons. The molecule has 0 bridgehead atoms. The maximum atomic E-state index is 10.9. The molecular formula is C12H14NO5P. The SMILES string of the molecule is Cc1ccc(-c2c(C)noc2C)cc1OP(=O)(O)O. The topological polar surface area (TPSA) is 92.8 Å². The molecule has 1 aromatic carbocycles. The Balaban J connectivity index is 2.50. The van der Waals surface area contributed by atoms with Gasteiger partial charge in [-0.1, -0.05) is 17.3 Å². The lowest BCUT2D eigenvalue weighted by atomic mass is 10.0. The smallest absolute Gasteiger partial charge is 0.404 e. The zero-order valence-electron chi connectivity index (χ0n) is 10.7. The van der Waals surface area contributed by atoms with Gasteiger partial charge in [0.25, 0.3) is 0 Å². The van der Waals surface area contributed by atoms with Crippen LogP contribution in [-0.4, -0.2) is 14.9 Å². The zero-order chi connectivity index (χ0) is 14.2. The molecule has 102 valence electrons. The van der Waals surface area contributed by atoms with Crippen LogP contribution in [0.5, 0.6) is 5.75 Å². The van der Waals surface area contributed by atoms with Gasteiger partial charge in [-0.3, -0.25) is 9.79 Å². The first-order chi connectivity index (χ1) is 8.78. The van der Waals surface area contributed by atoms with Gasteiger partial charge < -0.3 is 9.05 Å². The summed E-state index contributed by atoms with van der Waals surface area (Å²) in [5, 5.41) is 3.85. The highest BCUT2D eigenvalue weighted by Gasteiger charge is 2.19. The molecule has 0 spiro atoms. The first-order valence-electron chi connectivity index (χ1n) is 5.57. The lowest BCUT2D eigenvalue weighted by Crippen LogP contribution is -1.93. The van der Waals surface area contributed by atoms with Crippen molar-refractivity contribution >= 4 is 7.82 Å². The molecule has 6 nitrogen and oxygen atoms in total. The number of hydrogen-bond donors (Lipinski definition) is 2. The van der Waals surface area contributed by atoms with E-state index in [-0.39, 0.29) is 5.75 Å². The number of aromatic nitrogens is 1. The van der Waals surface area contributed by atoms with Gasteiger partial charge in [0.1, 0.15) is 11.5 Å². The van der Waals surface area contributed by atoms with E-state index in [1.165, 1.54) is 0 Å². The van der Waals surface area contributed by atoms with Gasteiger partial charge in [0.05, 0.1) is 5.69 Å². The van der Waals surface area contributed by atoms with Crippen molar-refractivity contribution in [2.24, 2.45) is 0 Å². The predicted molar refractivity (Wildman–Crippen MR) is 68.8 cm³/mol. The highest BCUT2D eigenvalue weighted by atomic mass is 31.2. The minimum atomic E-state index is -4.57. The van der Waals surface area contributed by atoms with Gasteiger partial charge in [-0.25, -0.2) is 4.57 Å². The summed E-state index contributed by atoms with van der Waals surface area (Å²) in [5.41, 5.74) is 2.89. The molecule has 2 N–H and O–H groups in total. The van der Waals surface area contributed by atoms with Crippen LogP contribution in [0.4, 0.5) is 0 Å².